The van der Waals surface area contributed by atoms with E-state index < -0.39 is 12.0 Å². The first kappa shape index (κ1) is 20.7. The van der Waals surface area contributed by atoms with Crippen LogP contribution >= 0.6 is 0 Å². The second kappa shape index (κ2) is 8.96. The normalized spacial score (nSPS) is 17.7. The first-order valence-electron chi connectivity index (χ1n) is 9.70. The Labute approximate surface area is 170 Å². The number of nitrogens with one attached hydrogen (secondary N) is 2. The molecule has 2 heterocycles. The number of hydrogen-bond acceptors (Lipinski definition) is 5. The van der Waals surface area contributed by atoms with Crippen molar-refractivity contribution in [3.63, 3.8) is 0 Å². The van der Waals surface area contributed by atoms with Crippen molar-refractivity contribution in [1.82, 2.24) is 15.5 Å². The largest absolute Gasteiger partial charge is 0.464 e. The van der Waals surface area contributed by atoms with E-state index >= 15 is 0 Å². The Morgan fingerprint density at radius 2 is 1.97 bits per heavy atom. The van der Waals surface area contributed by atoms with Gasteiger partial charge in [0.2, 0.25) is 0 Å². The number of ether oxygens (including phenoxy) is 1. The third-order valence-corrected chi connectivity index (χ3v) is 5.05. The zero-order valence-electron chi connectivity index (χ0n) is 17.2. The molecule has 3 rings (SSSR count). The predicted octanol–water partition coefficient (Wildman–Crippen LogP) is 3.45. The van der Waals surface area contributed by atoms with Gasteiger partial charge < -0.3 is 19.8 Å². The molecule has 7 nitrogen and oxygen atoms in total. The molecular formula is C22H27N3O4. The van der Waals surface area contributed by atoms with Crippen LogP contribution in [0.1, 0.15) is 43.0 Å². The van der Waals surface area contributed by atoms with Crippen LogP contribution in [0.25, 0.3) is 0 Å². The summed E-state index contributed by atoms with van der Waals surface area (Å²) in [6.07, 6.45) is 0. The maximum atomic E-state index is 12.8. The second-order valence-electron chi connectivity index (χ2n) is 7.09. The maximum absolute atomic E-state index is 12.8. The van der Waals surface area contributed by atoms with Crippen molar-refractivity contribution in [1.29, 1.82) is 0 Å². The third-order valence-electron chi connectivity index (χ3n) is 5.05. The summed E-state index contributed by atoms with van der Waals surface area (Å²) in [7, 11) is 1.95. The van der Waals surface area contributed by atoms with Gasteiger partial charge in [0.1, 0.15) is 17.6 Å². The van der Waals surface area contributed by atoms with Crippen molar-refractivity contribution in [2.24, 2.45) is 0 Å². The van der Waals surface area contributed by atoms with Crippen molar-refractivity contribution in [3.05, 3.63) is 70.8 Å². The van der Waals surface area contributed by atoms with E-state index in [0.29, 0.717) is 29.3 Å². The summed E-state index contributed by atoms with van der Waals surface area (Å²) in [6.45, 7) is 6.26. The summed E-state index contributed by atoms with van der Waals surface area (Å²) in [6, 6.07) is 12.6. The third kappa shape index (κ3) is 4.68. The zero-order valence-corrected chi connectivity index (χ0v) is 17.2. The molecule has 0 saturated carbocycles. The van der Waals surface area contributed by atoms with E-state index in [1.807, 2.05) is 32.2 Å². The number of carbonyl (C=O) groups excluding carboxylic acids is 2. The van der Waals surface area contributed by atoms with E-state index in [2.05, 4.69) is 34.6 Å². The fourth-order valence-corrected chi connectivity index (χ4v) is 3.39. The van der Waals surface area contributed by atoms with Gasteiger partial charge in [-0.1, -0.05) is 30.3 Å². The predicted molar refractivity (Wildman–Crippen MR) is 109 cm³/mol. The lowest BCUT2D eigenvalue weighted by Gasteiger charge is -2.32. The summed E-state index contributed by atoms with van der Waals surface area (Å²) in [5.74, 6) is 0.721. The first-order chi connectivity index (χ1) is 13.9. The van der Waals surface area contributed by atoms with E-state index in [0.717, 1.165) is 5.56 Å². The lowest BCUT2D eigenvalue weighted by Crippen LogP contribution is -2.48. The van der Waals surface area contributed by atoms with E-state index in [-0.39, 0.29) is 18.7 Å². The van der Waals surface area contributed by atoms with Crippen LogP contribution in [0.4, 0.5) is 4.79 Å². The fraction of sp³-hybridized carbons (Fsp3) is 0.364. The van der Waals surface area contributed by atoms with Gasteiger partial charge in [-0.3, -0.25) is 4.90 Å². The fourth-order valence-electron chi connectivity index (χ4n) is 3.39. The van der Waals surface area contributed by atoms with Crippen LogP contribution in [0.5, 0.6) is 0 Å². The highest BCUT2D eigenvalue weighted by molar-refractivity contribution is 5.95. The number of amides is 2. The van der Waals surface area contributed by atoms with E-state index in [4.69, 9.17) is 9.15 Å². The minimum Gasteiger partial charge on any atom is -0.464 e. The van der Waals surface area contributed by atoms with Crippen LogP contribution in [-0.2, 0) is 9.53 Å². The molecular weight excluding hydrogens is 370 g/mol. The van der Waals surface area contributed by atoms with Crippen LogP contribution in [0.3, 0.4) is 0 Å². The molecule has 2 N–H and O–H groups in total. The summed E-state index contributed by atoms with van der Waals surface area (Å²) >= 11 is 0. The molecule has 0 aliphatic carbocycles. The Hall–Kier alpha value is -3.06. The Morgan fingerprint density at radius 3 is 2.59 bits per heavy atom. The Balaban J connectivity index is 1.95. The molecule has 0 unspecified atom stereocenters. The number of furan rings is 1. The van der Waals surface area contributed by atoms with Gasteiger partial charge in [-0.2, -0.15) is 0 Å². The van der Waals surface area contributed by atoms with Gasteiger partial charge in [0.05, 0.1) is 12.2 Å². The molecule has 7 heteroatoms. The summed E-state index contributed by atoms with van der Waals surface area (Å²) in [5, 5.41) is 5.57. The SMILES string of the molecule is CCOC(=O)C1=C(CN(C)[C@@H](C)c2ccccc2)NC(=O)N[C@@H]1c1ccc(C)o1. The van der Waals surface area contributed by atoms with E-state index in [1.165, 1.54) is 0 Å². The van der Waals surface area contributed by atoms with Crippen LogP contribution in [0.2, 0.25) is 0 Å². The van der Waals surface area contributed by atoms with Gasteiger partial charge in [-0.25, -0.2) is 9.59 Å². The molecule has 1 aliphatic rings. The number of likely N-dealkylation sites (N-methyl/N-ethyl adjacent to an activating group) is 1. The molecule has 1 aromatic carbocycles. The van der Waals surface area contributed by atoms with Gasteiger partial charge in [0.15, 0.2) is 0 Å². The molecule has 1 aromatic heterocycles. The van der Waals surface area contributed by atoms with Crippen LogP contribution < -0.4 is 10.6 Å². The van der Waals surface area contributed by atoms with Gasteiger partial charge in [-0.05, 0) is 45.5 Å². The van der Waals surface area contributed by atoms with Crippen molar-refractivity contribution < 1.29 is 18.7 Å². The highest BCUT2D eigenvalue weighted by atomic mass is 16.5. The highest BCUT2D eigenvalue weighted by Crippen LogP contribution is 2.30. The van der Waals surface area contributed by atoms with Gasteiger partial charge >= 0.3 is 12.0 Å². The number of nitrogens with zero attached hydrogens (tertiary/aromatic N) is 1. The zero-order chi connectivity index (χ0) is 21.0. The molecule has 0 spiro atoms. The van der Waals surface area contributed by atoms with E-state index in [1.54, 1.807) is 19.1 Å². The lowest BCUT2D eigenvalue weighted by molar-refractivity contribution is -0.139. The standard InChI is InChI=1S/C22H27N3O4/c1-5-28-21(26)19-17(13-25(4)15(3)16-9-7-6-8-10-16)23-22(27)24-20(19)18-12-11-14(2)29-18/h6-12,15,20H,5,13H2,1-4H3,(H2,23,24,27)/t15-,20+/m0/s1. The summed E-state index contributed by atoms with van der Waals surface area (Å²) < 4.78 is 11.0. The molecule has 1 aliphatic heterocycles. The Morgan fingerprint density at radius 1 is 1.24 bits per heavy atom. The van der Waals surface area contributed by atoms with Gasteiger partial charge in [0, 0.05) is 18.3 Å². The van der Waals surface area contributed by atoms with Crippen LogP contribution in [-0.4, -0.2) is 37.1 Å². The second-order valence-corrected chi connectivity index (χ2v) is 7.09. The van der Waals surface area contributed by atoms with Crippen molar-refractivity contribution in [2.75, 3.05) is 20.2 Å². The first-order valence-corrected chi connectivity index (χ1v) is 9.70. The number of aryl methyl sites for hydroxylation is 1. The summed E-state index contributed by atoms with van der Waals surface area (Å²) in [4.78, 5) is 27.2. The summed E-state index contributed by atoms with van der Waals surface area (Å²) in [5.41, 5.74) is 2.01. The Kier molecular flexibility index (Phi) is 6.39. The topological polar surface area (TPSA) is 83.8 Å². The number of rotatable bonds is 7. The van der Waals surface area contributed by atoms with Gasteiger partial charge in [-0.15, -0.1) is 0 Å². The monoisotopic (exact) mass is 397 g/mol. The highest BCUT2D eigenvalue weighted by Gasteiger charge is 2.36. The lowest BCUT2D eigenvalue weighted by atomic mass is 9.99. The van der Waals surface area contributed by atoms with Crippen molar-refractivity contribution in [3.8, 4) is 0 Å². The average Bonchev–Trinajstić information content (AvgIpc) is 3.14. The van der Waals surface area contributed by atoms with Crippen molar-refractivity contribution >= 4 is 12.0 Å². The minimum atomic E-state index is -0.702. The molecule has 154 valence electrons. The van der Waals surface area contributed by atoms with Crippen molar-refractivity contribution in [2.45, 2.75) is 32.9 Å². The molecule has 29 heavy (non-hydrogen) atoms. The molecule has 0 radical (unpaired) electrons. The minimum absolute atomic E-state index is 0.0863. The number of hydrogen-bond donors (Lipinski definition) is 2. The molecule has 2 amide bonds. The number of urea groups is 1. The number of esters is 1. The molecule has 2 atom stereocenters. The molecule has 2 aromatic rings. The average molecular weight is 397 g/mol. The smallest absolute Gasteiger partial charge is 0.338 e. The molecule has 0 bridgehead atoms. The van der Waals surface area contributed by atoms with Gasteiger partial charge in [0.25, 0.3) is 0 Å². The quantitative estimate of drug-likeness (QED) is 0.699. The van der Waals surface area contributed by atoms with Crippen LogP contribution in [0.15, 0.2) is 58.2 Å². The number of benzene rings is 1. The Bertz CT molecular complexity index is 904. The van der Waals surface area contributed by atoms with E-state index in [9.17, 15) is 9.59 Å². The maximum Gasteiger partial charge on any atom is 0.338 e. The molecule has 0 fully saturated rings. The van der Waals surface area contributed by atoms with Crippen LogP contribution in [0, 0.1) is 6.92 Å². The molecule has 0 saturated heterocycles. The number of carbonyl (C=O) groups is 2.